The van der Waals surface area contributed by atoms with E-state index in [2.05, 4.69) is 29.2 Å². The van der Waals surface area contributed by atoms with Crippen LogP contribution in [0.3, 0.4) is 0 Å². The summed E-state index contributed by atoms with van der Waals surface area (Å²) in [5.74, 6) is 1.04. The Balaban J connectivity index is 2.37. The van der Waals surface area contributed by atoms with Crippen LogP contribution < -0.4 is 5.32 Å². The lowest BCUT2D eigenvalue weighted by Crippen LogP contribution is -2.17. The summed E-state index contributed by atoms with van der Waals surface area (Å²) in [6.45, 7) is 7.09. The number of nitrogens with zero attached hydrogens (tertiary/aromatic N) is 3. The maximum absolute atomic E-state index is 4.22. The van der Waals surface area contributed by atoms with Gasteiger partial charge in [0, 0.05) is 6.54 Å². The third kappa shape index (κ3) is 3.46. The standard InChI is InChI=1S/C10H20N4/c1-3-5-6-7-14-10(8-11-4-2)12-9-13-14/h9,11H,3-8H2,1-2H3. The van der Waals surface area contributed by atoms with Crippen molar-refractivity contribution in [3.63, 3.8) is 0 Å². The maximum Gasteiger partial charge on any atom is 0.140 e. The molecule has 4 heteroatoms. The zero-order valence-corrected chi connectivity index (χ0v) is 9.16. The van der Waals surface area contributed by atoms with Crippen LogP contribution >= 0.6 is 0 Å². The normalized spacial score (nSPS) is 10.7. The molecule has 1 aromatic heterocycles. The second-order valence-corrected chi connectivity index (χ2v) is 3.39. The maximum atomic E-state index is 4.22. The largest absolute Gasteiger partial charge is 0.310 e. The molecule has 0 aliphatic heterocycles. The molecule has 0 spiro atoms. The van der Waals surface area contributed by atoms with Crippen LogP contribution in [0, 0.1) is 0 Å². The summed E-state index contributed by atoms with van der Waals surface area (Å²) in [7, 11) is 0. The van der Waals surface area contributed by atoms with E-state index in [1.54, 1.807) is 6.33 Å². The van der Waals surface area contributed by atoms with Crippen molar-refractivity contribution in [2.24, 2.45) is 0 Å². The predicted molar refractivity (Wildman–Crippen MR) is 56.9 cm³/mol. The van der Waals surface area contributed by atoms with Crippen LogP contribution in [0.25, 0.3) is 0 Å². The van der Waals surface area contributed by atoms with Gasteiger partial charge in [-0.2, -0.15) is 5.10 Å². The van der Waals surface area contributed by atoms with E-state index in [1.165, 1.54) is 19.3 Å². The summed E-state index contributed by atoms with van der Waals surface area (Å²) in [4.78, 5) is 4.22. The Bertz CT molecular complexity index is 244. The summed E-state index contributed by atoms with van der Waals surface area (Å²) >= 11 is 0. The number of aromatic nitrogens is 3. The van der Waals surface area contributed by atoms with Gasteiger partial charge in [-0.3, -0.25) is 0 Å². The van der Waals surface area contributed by atoms with Crippen molar-refractivity contribution in [2.75, 3.05) is 6.54 Å². The Morgan fingerprint density at radius 1 is 1.36 bits per heavy atom. The third-order valence-corrected chi connectivity index (χ3v) is 2.20. The molecule has 0 amide bonds. The summed E-state index contributed by atoms with van der Waals surface area (Å²) in [6, 6.07) is 0. The highest BCUT2D eigenvalue weighted by Crippen LogP contribution is 2.00. The van der Waals surface area contributed by atoms with Gasteiger partial charge in [0.15, 0.2) is 0 Å². The lowest BCUT2D eigenvalue weighted by Gasteiger charge is -2.05. The van der Waals surface area contributed by atoms with E-state index in [1.807, 2.05) is 4.68 Å². The van der Waals surface area contributed by atoms with Gasteiger partial charge < -0.3 is 5.32 Å². The van der Waals surface area contributed by atoms with Crippen LogP contribution in [-0.4, -0.2) is 21.3 Å². The van der Waals surface area contributed by atoms with Gasteiger partial charge in [0.2, 0.25) is 0 Å². The molecule has 0 saturated heterocycles. The number of unbranched alkanes of at least 4 members (excludes halogenated alkanes) is 2. The molecule has 0 fully saturated rings. The quantitative estimate of drug-likeness (QED) is 0.673. The van der Waals surface area contributed by atoms with Crippen LogP contribution in [0.4, 0.5) is 0 Å². The zero-order valence-electron chi connectivity index (χ0n) is 9.16. The highest BCUT2D eigenvalue weighted by molar-refractivity contribution is 4.83. The minimum atomic E-state index is 0.822. The fraction of sp³-hybridized carbons (Fsp3) is 0.800. The topological polar surface area (TPSA) is 42.7 Å². The molecule has 0 radical (unpaired) electrons. The fourth-order valence-electron chi connectivity index (χ4n) is 1.36. The van der Waals surface area contributed by atoms with E-state index in [0.717, 1.165) is 25.5 Å². The summed E-state index contributed by atoms with van der Waals surface area (Å²) in [6.07, 6.45) is 5.34. The first-order chi connectivity index (χ1) is 6.88. The second kappa shape index (κ2) is 6.54. The van der Waals surface area contributed by atoms with Gasteiger partial charge in [-0.05, 0) is 13.0 Å². The minimum Gasteiger partial charge on any atom is -0.310 e. The number of hydrogen-bond acceptors (Lipinski definition) is 3. The molecular weight excluding hydrogens is 176 g/mol. The molecule has 4 nitrogen and oxygen atoms in total. The Labute approximate surface area is 85.7 Å². The molecule has 0 atom stereocenters. The Morgan fingerprint density at radius 2 is 2.21 bits per heavy atom. The van der Waals surface area contributed by atoms with Gasteiger partial charge in [0.25, 0.3) is 0 Å². The molecule has 1 heterocycles. The number of rotatable bonds is 7. The first-order valence-electron chi connectivity index (χ1n) is 5.45. The molecule has 0 saturated carbocycles. The Hall–Kier alpha value is -0.900. The Kier molecular flexibility index (Phi) is 5.22. The highest BCUT2D eigenvalue weighted by atomic mass is 15.3. The van der Waals surface area contributed by atoms with E-state index in [9.17, 15) is 0 Å². The molecule has 1 aromatic rings. The Morgan fingerprint density at radius 3 is 2.93 bits per heavy atom. The molecule has 0 unspecified atom stereocenters. The van der Waals surface area contributed by atoms with Crippen LogP contribution in [0.1, 0.15) is 38.9 Å². The van der Waals surface area contributed by atoms with E-state index in [-0.39, 0.29) is 0 Å². The van der Waals surface area contributed by atoms with Gasteiger partial charge in [-0.25, -0.2) is 9.67 Å². The summed E-state index contributed by atoms with van der Waals surface area (Å²) in [5.41, 5.74) is 0. The van der Waals surface area contributed by atoms with Crippen LogP contribution in [0.15, 0.2) is 6.33 Å². The van der Waals surface area contributed by atoms with Gasteiger partial charge in [-0.1, -0.05) is 26.7 Å². The smallest absolute Gasteiger partial charge is 0.140 e. The molecule has 0 aliphatic rings. The fourth-order valence-corrected chi connectivity index (χ4v) is 1.36. The first-order valence-corrected chi connectivity index (χ1v) is 5.45. The SMILES string of the molecule is CCCCCn1ncnc1CNCC. The molecule has 80 valence electrons. The van der Waals surface area contributed by atoms with E-state index in [4.69, 9.17) is 0 Å². The van der Waals surface area contributed by atoms with Crippen molar-refractivity contribution < 1.29 is 0 Å². The third-order valence-electron chi connectivity index (χ3n) is 2.20. The van der Waals surface area contributed by atoms with Crippen LogP contribution in [-0.2, 0) is 13.1 Å². The van der Waals surface area contributed by atoms with Crippen molar-refractivity contribution in [2.45, 2.75) is 46.2 Å². The molecule has 0 aliphatic carbocycles. The van der Waals surface area contributed by atoms with Crippen LogP contribution in [0.2, 0.25) is 0 Å². The average molecular weight is 196 g/mol. The molecule has 14 heavy (non-hydrogen) atoms. The van der Waals surface area contributed by atoms with E-state index >= 15 is 0 Å². The van der Waals surface area contributed by atoms with Crippen LogP contribution in [0.5, 0.6) is 0 Å². The highest BCUT2D eigenvalue weighted by Gasteiger charge is 2.01. The molecule has 1 rings (SSSR count). The lowest BCUT2D eigenvalue weighted by atomic mass is 10.2. The van der Waals surface area contributed by atoms with E-state index < -0.39 is 0 Å². The predicted octanol–water partition coefficient (Wildman–Crippen LogP) is 1.58. The molecule has 0 bridgehead atoms. The summed E-state index contributed by atoms with van der Waals surface area (Å²) in [5, 5.41) is 7.46. The van der Waals surface area contributed by atoms with Crippen molar-refractivity contribution in [1.29, 1.82) is 0 Å². The molecular formula is C10H20N4. The van der Waals surface area contributed by atoms with Gasteiger partial charge in [0.05, 0.1) is 6.54 Å². The number of aryl methyl sites for hydroxylation is 1. The van der Waals surface area contributed by atoms with Crippen molar-refractivity contribution >= 4 is 0 Å². The minimum absolute atomic E-state index is 0.822. The summed E-state index contributed by atoms with van der Waals surface area (Å²) < 4.78 is 2.00. The van der Waals surface area contributed by atoms with Crippen molar-refractivity contribution in [3.05, 3.63) is 12.2 Å². The lowest BCUT2D eigenvalue weighted by molar-refractivity contribution is 0.517. The second-order valence-electron chi connectivity index (χ2n) is 3.39. The van der Waals surface area contributed by atoms with E-state index in [0.29, 0.717) is 0 Å². The first kappa shape index (κ1) is 11.2. The number of hydrogen-bond donors (Lipinski definition) is 1. The molecule has 0 aromatic carbocycles. The molecule has 1 N–H and O–H groups in total. The average Bonchev–Trinajstić information content (AvgIpc) is 2.63. The van der Waals surface area contributed by atoms with Crippen molar-refractivity contribution in [3.8, 4) is 0 Å². The van der Waals surface area contributed by atoms with Gasteiger partial charge in [0.1, 0.15) is 12.2 Å². The monoisotopic (exact) mass is 196 g/mol. The number of nitrogens with one attached hydrogen (secondary N) is 1. The van der Waals surface area contributed by atoms with Gasteiger partial charge in [-0.15, -0.1) is 0 Å². The van der Waals surface area contributed by atoms with Crippen molar-refractivity contribution in [1.82, 2.24) is 20.1 Å². The zero-order chi connectivity index (χ0) is 10.2. The van der Waals surface area contributed by atoms with Gasteiger partial charge >= 0.3 is 0 Å².